The van der Waals surface area contributed by atoms with Crippen LogP contribution in [0.3, 0.4) is 0 Å². The van der Waals surface area contributed by atoms with E-state index in [9.17, 15) is 4.79 Å². The van der Waals surface area contributed by atoms with E-state index in [-0.39, 0.29) is 11.9 Å². The van der Waals surface area contributed by atoms with Crippen LogP contribution < -0.4 is 5.73 Å². The number of nitrogens with two attached hydrogens (primary N) is 1. The topological polar surface area (TPSA) is 49.6 Å². The Bertz CT molecular complexity index is 292. The number of carbonyl (C=O) groups is 1. The molecule has 118 valence electrons. The van der Waals surface area contributed by atoms with E-state index in [0.717, 1.165) is 32.6 Å². The molecule has 1 fully saturated rings. The standard InChI is InChI=1S/C16H33N3O/c1-12(2)8-19(9-13(3)4)16(20)11-18-7-6-15(10-18)14(5)17/h12-15H,6-11,17H2,1-5H3. The van der Waals surface area contributed by atoms with Crippen LogP contribution in [0.2, 0.25) is 0 Å². The van der Waals surface area contributed by atoms with Gasteiger partial charge in [0.2, 0.25) is 5.91 Å². The van der Waals surface area contributed by atoms with Crippen LogP contribution in [0.1, 0.15) is 41.0 Å². The lowest BCUT2D eigenvalue weighted by molar-refractivity contribution is -0.133. The van der Waals surface area contributed by atoms with E-state index in [1.807, 2.05) is 4.90 Å². The van der Waals surface area contributed by atoms with Gasteiger partial charge in [-0.2, -0.15) is 0 Å². The first kappa shape index (κ1) is 17.4. The predicted octanol–water partition coefficient (Wildman–Crippen LogP) is 1.80. The monoisotopic (exact) mass is 283 g/mol. The molecule has 2 unspecified atom stereocenters. The molecule has 4 heteroatoms. The Morgan fingerprint density at radius 1 is 1.20 bits per heavy atom. The molecule has 0 spiro atoms. The van der Waals surface area contributed by atoms with Crippen molar-refractivity contribution >= 4 is 5.91 Å². The molecule has 4 nitrogen and oxygen atoms in total. The van der Waals surface area contributed by atoms with E-state index >= 15 is 0 Å². The van der Waals surface area contributed by atoms with E-state index in [1.54, 1.807) is 0 Å². The summed E-state index contributed by atoms with van der Waals surface area (Å²) < 4.78 is 0. The smallest absolute Gasteiger partial charge is 0.236 e. The van der Waals surface area contributed by atoms with Gasteiger partial charge in [0.1, 0.15) is 0 Å². The number of hydrogen-bond donors (Lipinski definition) is 1. The fraction of sp³-hybridized carbons (Fsp3) is 0.938. The number of nitrogens with zero attached hydrogens (tertiary/aromatic N) is 2. The molecule has 0 radical (unpaired) electrons. The molecule has 20 heavy (non-hydrogen) atoms. The fourth-order valence-corrected chi connectivity index (χ4v) is 2.89. The summed E-state index contributed by atoms with van der Waals surface area (Å²) in [7, 11) is 0. The molecule has 1 aliphatic heterocycles. The maximum Gasteiger partial charge on any atom is 0.236 e. The second kappa shape index (κ2) is 7.99. The Morgan fingerprint density at radius 3 is 2.15 bits per heavy atom. The van der Waals surface area contributed by atoms with E-state index in [0.29, 0.717) is 24.3 Å². The molecule has 2 N–H and O–H groups in total. The van der Waals surface area contributed by atoms with Crippen LogP contribution in [0.4, 0.5) is 0 Å². The number of carbonyl (C=O) groups excluding carboxylic acids is 1. The summed E-state index contributed by atoms with van der Waals surface area (Å²) >= 11 is 0. The van der Waals surface area contributed by atoms with Crippen molar-refractivity contribution in [3.8, 4) is 0 Å². The van der Waals surface area contributed by atoms with Crippen LogP contribution in [0.15, 0.2) is 0 Å². The third-order valence-corrected chi connectivity index (χ3v) is 3.94. The molecule has 0 bridgehead atoms. The van der Waals surface area contributed by atoms with Crippen molar-refractivity contribution < 1.29 is 4.79 Å². The van der Waals surface area contributed by atoms with Gasteiger partial charge in [0.15, 0.2) is 0 Å². The fourth-order valence-electron chi connectivity index (χ4n) is 2.89. The van der Waals surface area contributed by atoms with Gasteiger partial charge in [-0.25, -0.2) is 0 Å². The second-order valence-corrected chi connectivity index (χ2v) is 7.23. The molecule has 1 saturated heterocycles. The minimum absolute atomic E-state index is 0.234. The summed E-state index contributed by atoms with van der Waals surface area (Å²) in [6, 6.07) is 0.234. The van der Waals surface area contributed by atoms with Crippen molar-refractivity contribution in [2.24, 2.45) is 23.5 Å². The highest BCUT2D eigenvalue weighted by Gasteiger charge is 2.27. The van der Waals surface area contributed by atoms with E-state index in [1.165, 1.54) is 0 Å². The van der Waals surface area contributed by atoms with E-state index in [2.05, 4.69) is 39.5 Å². The summed E-state index contributed by atoms with van der Waals surface area (Å²) in [6.45, 7) is 15.0. The average Bonchev–Trinajstić information content (AvgIpc) is 2.75. The van der Waals surface area contributed by atoms with Gasteiger partial charge in [0.05, 0.1) is 6.54 Å². The molecular weight excluding hydrogens is 250 g/mol. The highest BCUT2D eigenvalue weighted by atomic mass is 16.2. The van der Waals surface area contributed by atoms with Crippen LogP contribution in [-0.2, 0) is 4.79 Å². The van der Waals surface area contributed by atoms with Crippen LogP contribution in [-0.4, -0.2) is 54.5 Å². The van der Waals surface area contributed by atoms with Crippen molar-refractivity contribution in [1.82, 2.24) is 9.80 Å². The number of likely N-dealkylation sites (tertiary alicyclic amines) is 1. The van der Waals surface area contributed by atoms with Crippen molar-refractivity contribution in [3.63, 3.8) is 0 Å². The summed E-state index contributed by atoms with van der Waals surface area (Å²) in [5, 5.41) is 0. The van der Waals surface area contributed by atoms with E-state index < -0.39 is 0 Å². The number of rotatable bonds is 7. The number of hydrogen-bond acceptors (Lipinski definition) is 3. The molecule has 0 aromatic rings. The zero-order chi connectivity index (χ0) is 15.3. The Balaban J connectivity index is 2.49. The van der Waals surface area contributed by atoms with Gasteiger partial charge >= 0.3 is 0 Å². The summed E-state index contributed by atoms with van der Waals surface area (Å²) in [5.41, 5.74) is 5.96. The molecule has 0 aromatic carbocycles. The van der Waals surface area contributed by atoms with E-state index in [4.69, 9.17) is 5.73 Å². The van der Waals surface area contributed by atoms with Gasteiger partial charge in [-0.3, -0.25) is 9.69 Å². The summed E-state index contributed by atoms with van der Waals surface area (Å²) in [5.74, 6) is 1.87. The Hall–Kier alpha value is -0.610. The number of amides is 1. The zero-order valence-electron chi connectivity index (χ0n) is 13.9. The third-order valence-electron chi connectivity index (χ3n) is 3.94. The molecule has 1 amide bonds. The lowest BCUT2D eigenvalue weighted by Crippen LogP contribution is -2.43. The SMILES string of the molecule is CC(C)CN(CC(C)C)C(=O)CN1CCC(C(C)N)C1. The third kappa shape index (κ3) is 5.80. The molecule has 0 aromatic heterocycles. The summed E-state index contributed by atoms with van der Waals surface area (Å²) in [6.07, 6.45) is 1.12. The first-order valence-corrected chi connectivity index (χ1v) is 8.05. The predicted molar refractivity (Wildman–Crippen MR) is 84.5 cm³/mol. The van der Waals surface area contributed by atoms with Gasteiger partial charge in [-0.1, -0.05) is 27.7 Å². The lowest BCUT2D eigenvalue weighted by atomic mass is 10.0. The quantitative estimate of drug-likeness (QED) is 0.775. The molecule has 1 heterocycles. The molecule has 1 rings (SSSR count). The zero-order valence-corrected chi connectivity index (χ0v) is 13.9. The largest absolute Gasteiger partial charge is 0.341 e. The highest BCUT2D eigenvalue weighted by molar-refractivity contribution is 5.78. The van der Waals surface area contributed by atoms with Gasteiger partial charge in [0.25, 0.3) is 0 Å². The maximum atomic E-state index is 12.5. The highest BCUT2D eigenvalue weighted by Crippen LogP contribution is 2.18. The Labute approximate surface area is 124 Å². The van der Waals surface area contributed by atoms with Crippen LogP contribution in [0, 0.1) is 17.8 Å². The molecule has 0 aliphatic carbocycles. The lowest BCUT2D eigenvalue weighted by Gasteiger charge is -2.28. The first-order valence-electron chi connectivity index (χ1n) is 8.05. The average molecular weight is 283 g/mol. The molecule has 1 aliphatic rings. The molecule has 0 saturated carbocycles. The minimum atomic E-state index is 0.234. The normalized spacial score (nSPS) is 21.7. The Kier molecular flexibility index (Phi) is 6.96. The van der Waals surface area contributed by atoms with Crippen LogP contribution >= 0.6 is 0 Å². The minimum Gasteiger partial charge on any atom is -0.341 e. The van der Waals surface area contributed by atoms with Crippen molar-refractivity contribution in [2.75, 3.05) is 32.7 Å². The summed E-state index contributed by atoms with van der Waals surface area (Å²) in [4.78, 5) is 16.8. The van der Waals surface area contributed by atoms with Gasteiger partial charge in [0, 0.05) is 25.7 Å². The first-order chi connectivity index (χ1) is 9.29. The van der Waals surface area contributed by atoms with Crippen molar-refractivity contribution in [1.29, 1.82) is 0 Å². The van der Waals surface area contributed by atoms with Gasteiger partial charge in [-0.05, 0) is 37.6 Å². The van der Waals surface area contributed by atoms with Crippen LogP contribution in [0.25, 0.3) is 0 Å². The molecular formula is C16H33N3O. The van der Waals surface area contributed by atoms with Gasteiger partial charge in [-0.15, -0.1) is 0 Å². The second-order valence-electron chi connectivity index (χ2n) is 7.23. The van der Waals surface area contributed by atoms with Crippen molar-refractivity contribution in [2.45, 2.75) is 47.1 Å². The van der Waals surface area contributed by atoms with Crippen molar-refractivity contribution in [3.05, 3.63) is 0 Å². The maximum absolute atomic E-state index is 12.5. The molecule has 2 atom stereocenters. The van der Waals surface area contributed by atoms with Gasteiger partial charge < -0.3 is 10.6 Å². The van der Waals surface area contributed by atoms with Crippen LogP contribution in [0.5, 0.6) is 0 Å². The Morgan fingerprint density at radius 2 is 1.75 bits per heavy atom.